The summed E-state index contributed by atoms with van der Waals surface area (Å²) < 4.78 is 0. The Bertz CT molecular complexity index is 561. The Kier molecular flexibility index (Phi) is 4.79. The summed E-state index contributed by atoms with van der Waals surface area (Å²) in [5, 5.41) is 0. The van der Waals surface area contributed by atoms with Gasteiger partial charge in [0.25, 0.3) is 5.91 Å². The SMILES string of the molecule is CC1CCN(c2ccnc(C(=O)N3CCN(C=O)CC3)c2)CC1. The van der Waals surface area contributed by atoms with Gasteiger partial charge < -0.3 is 14.7 Å². The number of hydrogen-bond donors (Lipinski definition) is 0. The van der Waals surface area contributed by atoms with Crippen molar-refractivity contribution in [3.05, 3.63) is 24.0 Å². The van der Waals surface area contributed by atoms with E-state index in [0.717, 1.165) is 31.1 Å². The zero-order chi connectivity index (χ0) is 16.2. The van der Waals surface area contributed by atoms with Crippen LogP contribution in [0.15, 0.2) is 18.3 Å². The van der Waals surface area contributed by atoms with Crippen molar-refractivity contribution in [2.45, 2.75) is 19.8 Å². The average Bonchev–Trinajstić information content (AvgIpc) is 2.62. The first-order chi connectivity index (χ1) is 11.2. The summed E-state index contributed by atoms with van der Waals surface area (Å²) in [7, 11) is 0. The van der Waals surface area contributed by atoms with Crippen LogP contribution in [-0.2, 0) is 4.79 Å². The van der Waals surface area contributed by atoms with Gasteiger partial charge in [0.05, 0.1) is 0 Å². The fourth-order valence-electron chi connectivity index (χ4n) is 3.19. The van der Waals surface area contributed by atoms with Gasteiger partial charge in [-0.3, -0.25) is 14.6 Å². The van der Waals surface area contributed by atoms with Crippen LogP contribution >= 0.6 is 0 Å². The van der Waals surface area contributed by atoms with Crippen LogP contribution < -0.4 is 4.90 Å². The third-order valence-electron chi connectivity index (χ3n) is 4.86. The summed E-state index contributed by atoms with van der Waals surface area (Å²) in [6.07, 6.45) is 4.96. The number of piperidine rings is 1. The minimum atomic E-state index is -0.0391. The fraction of sp³-hybridized carbons (Fsp3) is 0.588. The van der Waals surface area contributed by atoms with E-state index in [1.165, 1.54) is 12.8 Å². The molecule has 0 N–H and O–H groups in total. The molecule has 0 atom stereocenters. The fourth-order valence-corrected chi connectivity index (χ4v) is 3.19. The Balaban J connectivity index is 1.67. The van der Waals surface area contributed by atoms with Gasteiger partial charge in [-0.25, -0.2) is 0 Å². The van der Waals surface area contributed by atoms with E-state index in [9.17, 15) is 9.59 Å². The quantitative estimate of drug-likeness (QED) is 0.787. The molecule has 1 aromatic heterocycles. The number of rotatable bonds is 3. The first-order valence-corrected chi connectivity index (χ1v) is 8.37. The van der Waals surface area contributed by atoms with E-state index in [1.54, 1.807) is 16.0 Å². The van der Waals surface area contributed by atoms with Crippen molar-refractivity contribution in [2.24, 2.45) is 5.92 Å². The number of aromatic nitrogens is 1. The van der Waals surface area contributed by atoms with Crippen molar-refractivity contribution in [1.29, 1.82) is 0 Å². The molecule has 2 aliphatic heterocycles. The van der Waals surface area contributed by atoms with E-state index < -0.39 is 0 Å². The lowest BCUT2D eigenvalue weighted by molar-refractivity contribution is -0.119. The molecule has 2 saturated heterocycles. The highest BCUT2D eigenvalue weighted by Gasteiger charge is 2.23. The molecule has 0 saturated carbocycles. The van der Waals surface area contributed by atoms with Crippen LogP contribution in [-0.4, -0.2) is 66.4 Å². The molecule has 3 rings (SSSR count). The van der Waals surface area contributed by atoms with Gasteiger partial charge in [-0.2, -0.15) is 0 Å². The first-order valence-electron chi connectivity index (χ1n) is 8.37. The molecular formula is C17H24N4O2. The van der Waals surface area contributed by atoms with Crippen molar-refractivity contribution in [1.82, 2.24) is 14.8 Å². The number of anilines is 1. The molecule has 0 unspecified atom stereocenters. The summed E-state index contributed by atoms with van der Waals surface area (Å²) in [4.78, 5) is 33.5. The van der Waals surface area contributed by atoms with Crippen LogP contribution in [0.4, 0.5) is 5.69 Å². The van der Waals surface area contributed by atoms with E-state index >= 15 is 0 Å². The van der Waals surface area contributed by atoms with E-state index in [0.29, 0.717) is 31.9 Å². The van der Waals surface area contributed by atoms with Gasteiger partial charge in [-0.05, 0) is 30.9 Å². The molecule has 0 spiro atoms. The molecule has 0 bridgehead atoms. The smallest absolute Gasteiger partial charge is 0.272 e. The van der Waals surface area contributed by atoms with Crippen molar-refractivity contribution in [2.75, 3.05) is 44.2 Å². The highest BCUT2D eigenvalue weighted by molar-refractivity contribution is 5.93. The lowest BCUT2D eigenvalue weighted by Gasteiger charge is -2.33. The number of pyridine rings is 1. The maximum Gasteiger partial charge on any atom is 0.272 e. The molecule has 2 fully saturated rings. The van der Waals surface area contributed by atoms with Gasteiger partial charge in [-0.15, -0.1) is 0 Å². The number of piperazine rings is 1. The molecular weight excluding hydrogens is 292 g/mol. The minimum absolute atomic E-state index is 0.0391. The van der Waals surface area contributed by atoms with Crippen LogP contribution in [0, 0.1) is 5.92 Å². The Morgan fingerprint density at radius 2 is 1.87 bits per heavy atom. The van der Waals surface area contributed by atoms with E-state index in [2.05, 4.69) is 16.8 Å². The maximum atomic E-state index is 12.6. The number of hydrogen-bond acceptors (Lipinski definition) is 4. The monoisotopic (exact) mass is 316 g/mol. The third kappa shape index (κ3) is 3.63. The zero-order valence-electron chi connectivity index (χ0n) is 13.6. The molecule has 2 aliphatic rings. The zero-order valence-corrected chi connectivity index (χ0v) is 13.6. The Morgan fingerprint density at radius 1 is 1.17 bits per heavy atom. The molecule has 23 heavy (non-hydrogen) atoms. The van der Waals surface area contributed by atoms with Crippen molar-refractivity contribution in [3.63, 3.8) is 0 Å². The Hall–Kier alpha value is -2.11. The van der Waals surface area contributed by atoms with E-state index in [-0.39, 0.29) is 5.91 Å². The van der Waals surface area contributed by atoms with Crippen molar-refractivity contribution < 1.29 is 9.59 Å². The number of carbonyl (C=O) groups is 2. The molecule has 0 radical (unpaired) electrons. The molecule has 3 heterocycles. The highest BCUT2D eigenvalue weighted by atomic mass is 16.2. The third-order valence-corrected chi connectivity index (χ3v) is 4.86. The van der Waals surface area contributed by atoms with Gasteiger partial charge in [-0.1, -0.05) is 6.92 Å². The van der Waals surface area contributed by atoms with Crippen LogP contribution in [0.2, 0.25) is 0 Å². The second-order valence-electron chi connectivity index (χ2n) is 6.50. The molecule has 2 amide bonds. The largest absolute Gasteiger partial charge is 0.371 e. The summed E-state index contributed by atoms with van der Waals surface area (Å²) in [5.41, 5.74) is 1.59. The average molecular weight is 316 g/mol. The molecule has 0 aromatic carbocycles. The molecule has 1 aromatic rings. The van der Waals surface area contributed by atoms with Crippen LogP contribution in [0.1, 0.15) is 30.3 Å². The summed E-state index contributed by atoms with van der Waals surface area (Å²) in [6, 6.07) is 3.89. The second kappa shape index (κ2) is 6.98. The number of carbonyl (C=O) groups excluding carboxylic acids is 2. The maximum absolute atomic E-state index is 12.6. The van der Waals surface area contributed by atoms with Crippen molar-refractivity contribution in [3.8, 4) is 0 Å². The van der Waals surface area contributed by atoms with Crippen LogP contribution in [0.5, 0.6) is 0 Å². The van der Waals surface area contributed by atoms with Gasteiger partial charge in [0, 0.05) is 51.2 Å². The van der Waals surface area contributed by atoms with Gasteiger partial charge in [0.1, 0.15) is 5.69 Å². The number of amides is 2. The van der Waals surface area contributed by atoms with Crippen LogP contribution in [0.25, 0.3) is 0 Å². The summed E-state index contributed by atoms with van der Waals surface area (Å²) in [5.74, 6) is 0.742. The topological polar surface area (TPSA) is 56.8 Å². The predicted octanol–water partition coefficient (Wildman–Crippen LogP) is 1.23. The van der Waals surface area contributed by atoms with Gasteiger partial charge in [0.2, 0.25) is 6.41 Å². The number of nitrogens with zero attached hydrogens (tertiary/aromatic N) is 4. The Morgan fingerprint density at radius 3 is 2.52 bits per heavy atom. The molecule has 6 nitrogen and oxygen atoms in total. The van der Waals surface area contributed by atoms with E-state index in [4.69, 9.17) is 0 Å². The summed E-state index contributed by atoms with van der Waals surface area (Å²) in [6.45, 7) is 6.71. The highest BCUT2D eigenvalue weighted by Crippen LogP contribution is 2.23. The van der Waals surface area contributed by atoms with E-state index in [1.807, 2.05) is 12.1 Å². The lowest BCUT2D eigenvalue weighted by atomic mass is 9.99. The molecule has 6 heteroatoms. The molecule has 0 aliphatic carbocycles. The minimum Gasteiger partial charge on any atom is -0.371 e. The van der Waals surface area contributed by atoms with Gasteiger partial charge >= 0.3 is 0 Å². The van der Waals surface area contributed by atoms with Crippen molar-refractivity contribution >= 4 is 18.0 Å². The normalized spacial score (nSPS) is 19.8. The summed E-state index contributed by atoms with van der Waals surface area (Å²) >= 11 is 0. The standard InChI is InChI=1S/C17H24N4O2/c1-14-3-6-20(7-4-14)15-2-5-18-16(12-15)17(23)21-10-8-19(13-22)9-11-21/h2,5,12-14H,3-4,6-11H2,1H3. The Labute approximate surface area is 137 Å². The van der Waals surface area contributed by atoms with Crippen LogP contribution in [0.3, 0.4) is 0 Å². The second-order valence-corrected chi connectivity index (χ2v) is 6.50. The lowest BCUT2D eigenvalue weighted by Crippen LogP contribution is -2.48. The predicted molar refractivity (Wildman–Crippen MR) is 88.4 cm³/mol. The molecule has 124 valence electrons. The first kappa shape index (κ1) is 15.8. The van der Waals surface area contributed by atoms with Gasteiger partial charge in [0.15, 0.2) is 0 Å².